The highest BCUT2D eigenvalue weighted by Crippen LogP contribution is 2.30. The van der Waals surface area contributed by atoms with Crippen molar-refractivity contribution in [3.63, 3.8) is 0 Å². The first kappa shape index (κ1) is 14.7. The van der Waals surface area contributed by atoms with E-state index in [0.717, 1.165) is 25.7 Å². The normalized spacial score (nSPS) is 17.1. The highest BCUT2D eigenvalue weighted by Gasteiger charge is 2.36. The smallest absolute Gasteiger partial charge is 0.279 e. The Bertz CT molecular complexity index is 559. The predicted octanol–water partition coefficient (Wildman–Crippen LogP) is 1.08. The largest absolute Gasteiger partial charge is 0.382 e. The molecule has 1 aliphatic rings. The number of hydrogen-bond donors (Lipinski definition) is 2. The van der Waals surface area contributed by atoms with Crippen LogP contribution < -0.4 is 10.9 Å². The van der Waals surface area contributed by atoms with Gasteiger partial charge in [0.25, 0.3) is 11.5 Å². The van der Waals surface area contributed by atoms with E-state index in [0.29, 0.717) is 18.0 Å². The van der Waals surface area contributed by atoms with Crippen molar-refractivity contribution >= 4 is 5.91 Å². The Morgan fingerprint density at radius 3 is 2.65 bits per heavy atom. The van der Waals surface area contributed by atoms with Gasteiger partial charge in [-0.05, 0) is 26.7 Å². The van der Waals surface area contributed by atoms with E-state index in [1.54, 1.807) is 21.0 Å². The van der Waals surface area contributed by atoms with Gasteiger partial charge in [0.2, 0.25) is 0 Å². The fourth-order valence-electron chi connectivity index (χ4n) is 2.71. The van der Waals surface area contributed by atoms with Crippen LogP contribution in [-0.2, 0) is 4.74 Å². The lowest BCUT2D eigenvalue weighted by molar-refractivity contribution is 0.0761. The number of rotatable bonds is 4. The van der Waals surface area contributed by atoms with Gasteiger partial charge in [-0.1, -0.05) is 12.8 Å². The molecule has 1 aromatic rings. The summed E-state index contributed by atoms with van der Waals surface area (Å²) >= 11 is 0. The van der Waals surface area contributed by atoms with Crippen molar-refractivity contribution in [2.75, 3.05) is 13.7 Å². The summed E-state index contributed by atoms with van der Waals surface area (Å²) in [4.78, 5) is 30.9. The topological polar surface area (TPSA) is 84.1 Å². The van der Waals surface area contributed by atoms with Gasteiger partial charge in [-0.15, -0.1) is 0 Å². The van der Waals surface area contributed by atoms with Crippen LogP contribution in [0.5, 0.6) is 0 Å². The second kappa shape index (κ2) is 5.75. The number of methoxy groups -OCH3 is 1. The molecular formula is C14H21N3O3. The first-order valence-corrected chi connectivity index (χ1v) is 6.86. The Morgan fingerprint density at radius 1 is 1.40 bits per heavy atom. The van der Waals surface area contributed by atoms with Gasteiger partial charge in [0.15, 0.2) is 5.69 Å². The summed E-state index contributed by atoms with van der Waals surface area (Å²) in [5, 5.41) is 2.95. The van der Waals surface area contributed by atoms with Gasteiger partial charge < -0.3 is 15.0 Å². The van der Waals surface area contributed by atoms with E-state index < -0.39 is 11.5 Å². The third-order valence-corrected chi connectivity index (χ3v) is 3.91. The average Bonchev–Trinajstić information content (AvgIpc) is 2.82. The number of H-pyrrole nitrogens is 1. The average molecular weight is 279 g/mol. The number of hydrogen-bond acceptors (Lipinski definition) is 4. The number of aromatic nitrogens is 2. The third kappa shape index (κ3) is 2.90. The van der Waals surface area contributed by atoms with E-state index in [2.05, 4.69) is 15.3 Å². The molecule has 0 aromatic carbocycles. The maximum atomic E-state index is 12.3. The summed E-state index contributed by atoms with van der Waals surface area (Å²) in [7, 11) is 1.62. The molecule has 1 aromatic heterocycles. The summed E-state index contributed by atoms with van der Waals surface area (Å²) in [6.07, 6.45) is 3.85. The van der Waals surface area contributed by atoms with Crippen LogP contribution in [0.3, 0.4) is 0 Å². The van der Waals surface area contributed by atoms with Crippen molar-refractivity contribution in [1.29, 1.82) is 0 Å². The molecule has 6 heteroatoms. The van der Waals surface area contributed by atoms with Gasteiger partial charge >= 0.3 is 0 Å². The van der Waals surface area contributed by atoms with E-state index in [1.807, 2.05) is 0 Å². The van der Waals surface area contributed by atoms with Gasteiger partial charge in [-0.3, -0.25) is 9.59 Å². The van der Waals surface area contributed by atoms with Crippen LogP contribution in [0, 0.1) is 13.8 Å². The summed E-state index contributed by atoms with van der Waals surface area (Å²) < 4.78 is 5.22. The maximum absolute atomic E-state index is 12.3. The highest BCUT2D eigenvalue weighted by atomic mass is 16.5. The zero-order valence-corrected chi connectivity index (χ0v) is 12.2. The molecule has 0 unspecified atom stereocenters. The zero-order valence-electron chi connectivity index (χ0n) is 12.2. The molecular weight excluding hydrogens is 258 g/mol. The number of aromatic amines is 1. The molecule has 1 aliphatic carbocycles. The summed E-state index contributed by atoms with van der Waals surface area (Å²) in [5.41, 5.74) is 0.450. The monoisotopic (exact) mass is 279 g/mol. The molecule has 0 spiro atoms. The Labute approximate surface area is 118 Å². The molecule has 6 nitrogen and oxygen atoms in total. The molecule has 1 amide bonds. The van der Waals surface area contributed by atoms with Crippen molar-refractivity contribution in [3.05, 3.63) is 27.4 Å². The number of aryl methyl sites for hydroxylation is 2. The van der Waals surface area contributed by atoms with E-state index in [4.69, 9.17) is 4.74 Å². The van der Waals surface area contributed by atoms with Crippen molar-refractivity contribution in [2.24, 2.45) is 0 Å². The molecule has 1 heterocycles. The standard InChI is InChI=1S/C14H21N3O3/c1-9-10(2)16-12(18)11(15-9)13(19)17-14(8-20-3)6-4-5-7-14/h4-8H2,1-3H3,(H,16,18)(H,17,19). The number of nitrogens with zero attached hydrogens (tertiary/aromatic N) is 1. The van der Waals surface area contributed by atoms with Gasteiger partial charge in [0, 0.05) is 12.8 Å². The Morgan fingerprint density at radius 2 is 2.05 bits per heavy atom. The van der Waals surface area contributed by atoms with Gasteiger partial charge in [0.05, 0.1) is 17.8 Å². The van der Waals surface area contributed by atoms with Crippen LogP contribution >= 0.6 is 0 Å². The van der Waals surface area contributed by atoms with E-state index in [1.165, 1.54) is 0 Å². The van der Waals surface area contributed by atoms with Crippen LogP contribution in [0.15, 0.2) is 4.79 Å². The highest BCUT2D eigenvalue weighted by molar-refractivity contribution is 5.92. The lowest BCUT2D eigenvalue weighted by Gasteiger charge is -2.29. The van der Waals surface area contributed by atoms with Crippen LogP contribution in [0.25, 0.3) is 0 Å². The molecule has 1 saturated carbocycles. The van der Waals surface area contributed by atoms with Gasteiger partial charge in [0.1, 0.15) is 0 Å². The van der Waals surface area contributed by atoms with Crippen LogP contribution in [-0.4, -0.2) is 35.1 Å². The third-order valence-electron chi connectivity index (χ3n) is 3.91. The second-order valence-corrected chi connectivity index (χ2v) is 5.50. The zero-order chi connectivity index (χ0) is 14.8. The summed E-state index contributed by atoms with van der Waals surface area (Å²) in [5.74, 6) is -0.423. The fraction of sp³-hybridized carbons (Fsp3) is 0.643. The lowest BCUT2D eigenvalue weighted by Crippen LogP contribution is -2.51. The molecule has 1 fully saturated rings. The lowest BCUT2D eigenvalue weighted by atomic mass is 9.98. The Kier molecular flexibility index (Phi) is 4.23. The molecule has 0 radical (unpaired) electrons. The van der Waals surface area contributed by atoms with Crippen LogP contribution in [0.1, 0.15) is 47.6 Å². The number of carbonyl (C=O) groups excluding carboxylic acids is 1. The quantitative estimate of drug-likeness (QED) is 0.863. The SMILES string of the molecule is COCC1(NC(=O)c2nc(C)c(C)[nH]c2=O)CCCC1. The minimum absolute atomic E-state index is 0.0736. The predicted molar refractivity (Wildman–Crippen MR) is 74.9 cm³/mol. The summed E-state index contributed by atoms with van der Waals surface area (Å²) in [6.45, 7) is 3.98. The minimum atomic E-state index is -0.448. The van der Waals surface area contributed by atoms with E-state index >= 15 is 0 Å². The molecule has 2 rings (SSSR count). The Hall–Kier alpha value is -1.69. The number of carbonyl (C=O) groups is 1. The molecule has 20 heavy (non-hydrogen) atoms. The molecule has 0 atom stereocenters. The van der Waals surface area contributed by atoms with Crippen molar-refractivity contribution in [1.82, 2.24) is 15.3 Å². The molecule has 0 aliphatic heterocycles. The summed E-state index contributed by atoms with van der Waals surface area (Å²) in [6, 6.07) is 0. The van der Waals surface area contributed by atoms with Crippen molar-refractivity contribution < 1.29 is 9.53 Å². The molecule has 0 bridgehead atoms. The van der Waals surface area contributed by atoms with Gasteiger partial charge in [-0.25, -0.2) is 4.98 Å². The van der Waals surface area contributed by atoms with Gasteiger partial charge in [-0.2, -0.15) is 0 Å². The minimum Gasteiger partial charge on any atom is -0.382 e. The van der Waals surface area contributed by atoms with Crippen molar-refractivity contribution in [2.45, 2.75) is 45.1 Å². The number of amides is 1. The molecule has 0 saturated heterocycles. The van der Waals surface area contributed by atoms with E-state index in [-0.39, 0.29) is 11.2 Å². The Balaban J connectivity index is 2.23. The maximum Gasteiger partial charge on any atom is 0.279 e. The number of nitrogens with one attached hydrogen (secondary N) is 2. The van der Waals surface area contributed by atoms with Crippen LogP contribution in [0.2, 0.25) is 0 Å². The number of ether oxygens (including phenoxy) is 1. The van der Waals surface area contributed by atoms with Crippen molar-refractivity contribution in [3.8, 4) is 0 Å². The van der Waals surface area contributed by atoms with Crippen LogP contribution in [0.4, 0.5) is 0 Å². The van der Waals surface area contributed by atoms with E-state index in [9.17, 15) is 9.59 Å². The second-order valence-electron chi connectivity index (χ2n) is 5.50. The molecule has 110 valence electrons. The molecule has 2 N–H and O–H groups in total. The first-order valence-electron chi connectivity index (χ1n) is 6.86. The first-order chi connectivity index (χ1) is 9.47. The fourth-order valence-corrected chi connectivity index (χ4v) is 2.71.